The number of benzene rings is 1. The Balaban J connectivity index is 0.00000144. The fourth-order valence-electron chi connectivity index (χ4n) is 2.09. The predicted molar refractivity (Wildman–Crippen MR) is 72.8 cm³/mol. The average molecular weight is 255 g/mol. The summed E-state index contributed by atoms with van der Waals surface area (Å²) in [6.07, 6.45) is 0.929. The van der Waals surface area contributed by atoms with Crippen molar-refractivity contribution in [2.75, 3.05) is 11.4 Å². The molecular weight excluding hydrogens is 236 g/mol. The number of halogens is 1. The first-order valence-corrected chi connectivity index (χ1v) is 5.60. The number of anilines is 1. The average Bonchev–Trinajstić information content (AvgIpc) is 2.57. The molecule has 0 spiro atoms. The lowest BCUT2D eigenvalue weighted by Gasteiger charge is -2.26. The number of hydrogen-bond donors (Lipinski definition) is 1. The molecule has 4 heteroatoms. The van der Waals surface area contributed by atoms with Crippen LogP contribution < -0.4 is 10.6 Å². The first-order valence-electron chi connectivity index (χ1n) is 5.60. The van der Waals surface area contributed by atoms with Gasteiger partial charge in [-0.05, 0) is 38.8 Å². The van der Waals surface area contributed by atoms with Crippen LogP contribution in [0.25, 0.3) is 0 Å². The van der Waals surface area contributed by atoms with Gasteiger partial charge in [-0.25, -0.2) is 0 Å². The van der Waals surface area contributed by atoms with Gasteiger partial charge in [0.05, 0.1) is 5.54 Å². The van der Waals surface area contributed by atoms with E-state index >= 15 is 0 Å². The van der Waals surface area contributed by atoms with Crippen molar-refractivity contribution in [3.05, 3.63) is 29.3 Å². The second kappa shape index (κ2) is 4.67. The topological polar surface area (TPSA) is 46.3 Å². The van der Waals surface area contributed by atoms with Gasteiger partial charge in [-0.1, -0.05) is 17.7 Å². The highest BCUT2D eigenvalue weighted by Gasteiger charge is 2.32. The zero-order valence-electron chi connectivity index (χ0n) is 10.5. The highest BCUT2D eigenvalue weighted by Crippen LogP contribution is 2.30. The number of nitrogens with two attached hydrogens (primary N) is 1. The number of fused-ring (bicyclic) bond motifs is 1. The first-order chi connectivity index (χ1) is 7.39. The van der Waals surface area contributed by atoms with E-state index in [0.717, 1.165) is 18.7 Å². The van der Waals surface area contributed by atoms with Crippen LogP contribution >= 0.6 is 12.4 Å². The van der Waals surface area contributed by atoms with E-state index in [9.17, 15) is 4.79 Å². The molecule has 1 aliphatic heterocycles. The van der Waals surface area contributed by atoms with Gasteiger partial charge in [0, 0.05) is 12.2 Å². The van der Waals surface area contributed by atoms with Crippen molar-refractivity contribution >= 4 is 24.0 Å². The molecule has 1 aliphatic rings. The van der Waals surface area contributed by atoms with Gasteiger partial charge in [0.15, 0.2) is 0 Å². The van der Waals surface area contributed by atoms with Gasteiger partial charge in [0.25, 0.3) is 0 Å². The molecule has 0 saturated heterocycles. The van der Waals surface area contributed by atoms with Crippen molar-refractivity contribution in [1.82, 2.24) is 0 Å². The van der Waals surface area contributed by atoms with Crippen molar-refractivity contribution in [2.45, 2.75) is 32.7 Å². The van der Waals surface area contributed by atoms with Crippen LogP contribution in [0.3, 0.4) is 0 Å². The lowest BCUT2D eigenvalue weighted by molar-refractivity contribution is -0.122. The lowest BCUT2D eigenvalue weighted by Crippen LogP contribution is -2.50. The Labute approximate surface area is 108 Å². The van der Waals surface area contributed by atoms with Crippen molar-refractivity contribution in [3.63, 3.8) is 0 Å². The molecule has 0 aromatic heterocycles. The summed E-state index contributed by atoms with van der Waals surface area (Å²) in [4.78, 5) is 13.9. The predicted octanol–water partition coefficient (Wildman–Crippen LogP) is 2.04. The van der Waals surface area contributed by atoms with Gasteiger partial charge in [-0.3, -0.25) is 4.79 Å². The number of amides is 1. The summed E-state index contributed by atoms with van der Waals surface area (Å²) in [6.45, 7) is 6.32. The van der Waals surface area contributed by atoms with E-state index in [0.29, 0.717) is 0 Å². The normalized spacial score (nSPS) is 14.2. The van der Waals surface area contributed by atoms with Crippen LogP contribution in [0.1, 0.15) is 25.0 Å². The molecular formula is C13H19ClN2O. The van der Waals surface area contributed by atoms with Crippen LogP contribution in [0.4, 0.5) is 5.69 Å². The van der Waals surface area contributed by atoms with Crippen LogP contribution in [0.5, 0.6) is 0 Å². The molecule has 2 N–H and O–H groups in total. The van der Waals surface area contributed by atoms with Crippen molar-refractivity contribution < 1.29 is 4.79 Å². The molecule has 0 bridgehead atoms. The molecule has 1 heterocycles. The Morgan fingerprint density at radius 1 is 1.41 bits per heavy atom. The molecule has 1 amide bonds. The molecule has 3 nitrogen and oxygen atoms in total. The summed E-state index contributed by atoms with van der Waals surface area (Å²) in [5, 5.41) is 0. The van der Waals surface area contributed by atoms with Crippen LogP contribution in [0.2, 0.25) is 0 Å². The minimum Gasteiger partial charge on any atom is -0.318 e. The fraction of sp³-hybridized carbons (Fsp3) is 0.462. The van der Waals surface area contributed by atoms with Crippen LogP contribution in [0.15, 0.2) is 18.2 Å². The van der Waals surface area contributed by atoms with Gasteiger partial charge in [-0.15, -0.1) is 12.4 Å². The Morgan fingerprint density at radius 3 is 2.65 bits per heavy atom. The maximum atomic E-state index is 12.1. The largest absolute Gasteiger partial charge is 0.318 e. The Morgan fingerprint density at radius 2 is 2.06 bits per heavy atom. The Hall–Kier alpha value is -1.06. The smallest absolute Gasteiger partial charge is 0.246 e. The fourth-order valence-corrected chi connectivity index (χ4v) is 2.09. The second-order valence-electron chi connectivity index (χ2n) is 5.06. The zero-order chi connectivity index (χ0) is 11.9. The summed E-state index contributed by atoms with van der Waals surface area (Å²) in [6, 6.07) is 6.20. The minimum absolute atomic E-state index is 0. The van der Waals surface area contributed by atoms with E-state index in [1.165, 1.54) is 11.1 Å². The van der Waals surface area contributed by atoms with Crippen molar-refractivity contribution in [1.29, 1.82) is 0 Å². The molecule has 1 aromatic rings. The molecule has 1 aromatic carbocycles. The van der Waals surface area contributed by atoms with Crippen LogP contribution in [0, 0.1) is 6.92 Å². The Kier molecular flexibility index (Phi) is 3.84. The monoisotopic (exact) mass is 254 g/mol. The van der Waals surface area contributed by atoms with Crippen LogP contribution in [-0.2, 0) is 11.2 Å². The van der Waals surface area contributed by atoms with Gasteiger partial charge in [0.2, 0.25) is 5.91 Å². The maximum Gasteiger partial charge on any atom is 0.246 e. The number of carbonyl (C=O) groups excluding carboxylic acids is 1. The molecule has 2 rings (SSSR count). The number of nitrogens with zero attached hydrogens (tertiary/aromatic N) is 1. The lowest BCUT2D eigenvalue weighted by atomic mass is 10.1. The third-order valence-corrected chi connectivity index (χ3v) is 2.93. The minimum atomic E-state index is -0.799. The first kappa shape index (κ1) is 14.0. The standard InChI is InChI=1S/C13H18N2O.ClH/c1-9-4-5-11-10(8-9)6-7-15(11)12(16)13(2,3)14;/h4-5,8H,6-7,14H2,1-3H3;1H. The van der Waals surface area contributed by atoms with Crippen molar-refractivity contribution in [2.24, 2.45) is 5.73 Å². The number of aryl methyl sites for hydroxylation is 1. The summed E-state index contributed by atoms with van der Waals surface area (Å²) in [7, 11) is 0. The van der Waals surface area contributed by atoms with E-state index in [2.05, 4.69) is 13.0 Å². The van der Waals surface area contributed by atoms with Gasteiger partial charge in [0.1, 0.15) is 0 Å². The van der Waals surface area contributed by atoms with E-state index < -0.39 is 5.54 Å². The number of carbonyl (C=O) groups is 1. The summed E-state index contributed by atoms with van der Waals surface area (Å²) in [5.41, 5.74) is 8.56. The highest BCUT2D eigenvalue weighted by molar-refractivity contribution is 6.01. The molecule has 0 aliphatic carbocycles. The summed E-state index contributed by atoms with van der Waals surface area (Å²) in [5.74, 6) is -0.00453. The van der Waals surface area contributed by atoms with Gasteiger partial charge in [-0.2, -0.15) is 0 Å². The second-order valence-corrected chi connectivity index (χ2v) is 5.06. The summed E-state index contributed by atoms with van der Waals surface area (Å²) < 4.78 is 0. The van der Waals surface area contributed by atoms with Crippen LogP contribution in [-0.4, -0.2) is 18.0 Å². The molecule has 94 valence electrons. The van der Waals surface area contributed by atoms with Gasteiger partial charge < -0.3 is 10.6 Å². The van der Waals surface area contributed by atoms with E-state index in [4.69, 9.17) is 5.73 Å². The third kappa shape index (κ3) is 2.61. The van der Waals surface area contributed by atoms with Gasteiger partial charge >= 0.3 is 0 Å². The molecule has 0 fully saturated rings. The SMILES string of the molecule is Cc1ccc2c(c1)CCN2C(=O)C(C)(C)N.Cl. The summed E-state index contributed by atoms with van der Waals surface area (Å²) >= 11 is 0. The third-order valence-electron chi connectivity index (χ3n) is 2.93. The maximum absolute atomic E-state index is 12.1. The molecule has 0 atom stereocenters. The number of hydrogen-bond acceptors (Lipinski definition) is 2. The molecule has 0 saturated carbocycles. The zero-order valence-corrected chi connectivity index (χ0v) is 11.3. The van der Waals surface area contributed by atoms with E-state index in [-0.39, 0.29) is 18.3 Å². The van der Waals surface area contributed by atoms with E-state index in [1.54, 1.807) is 18.7 Å². The molecule has 0 unspecified atom stereocenters. The van der Waals surface area contributed by atoms with E-state index in [1.807, 2.05) is 12.1 Å². The Bertz CT molecular complexity index is 438. The number of rotatable bonds is 1. The quantitative estimate of drug-likeness (QED) is 0.834. The molecule has 0 radical (unpaired) electrons. The van der Waals surface area contributed by atoms with Crippen molar-refractivity contribution in [3.8, 4) is 0 Å². The molecule has 17 heavy (non-hydrogen) atoms. The highest BCUT2D eigenvalue weighted by atomic mass is 35.5.